The highest BCUT2D eigenvalue weighted by molar-refractivity contribution is 5.71. The van der Waals surface area contributed by atoms with Crippen molar-refractivity contribution in [1.82, 2.24) is 5.32 Å². The molecule has 5 nitrogen and oxygen atoms in total. The van der Waals surface area contributed by atoms with Gasteiger partial charge in [0.25, 0.3) is 5.92 Å². The maximum Gasteiger partial charge on any atom is 0.407 e. The van der Waals surface area contributed by atoms with Crippen LogP contribution >= 0.6 is 0 Å². The molecule has 0 radical (unpaired) electrons. The van der Waals surface area contributed by atoms with Gasteiger partial charge >= 0.3 is 12.1 Å². The Hall–Kier alpha value is -1.66. The second-order valence-electron chi connectivity index (χ2n) is 4.15. The lowest BCUT2D eigenvalue weighted by Crippen LogP contribution is -2.52. The summed E-state index contributed by atoms with van der Waals surface area (Å²) in [6.45, 7) is 3.22. The minimum absolute atomic E-state index is 0.0908. The Kier molecular flexibility index (Phi) is 4.63. The van der Waals surface area contributed by atoms with Gasteiger partial charge in [-0.15, -0.1) is 0 Å². The van der Waals surface area contributed by atoms with E-state index < -0.39 is 36.4 Å². The fourth-order valence-corrected chi connectivity index (χ4v) is 1.82. The normalized spacial score (nSPS) is 26.1. The van der Waals surface area contributed by atoms with E-state index in [1.165, 1.54) is 6.08 Å². The molecule has 0 aromatic heterocycles. The number of amides is 1. The highest BCUT2D eigenvalue weighted by Gasteiger charge is 2.47. The van der Waals surface area contributed by atoms with Crippen molar-refractivity contribution in [2.45, 2.75) is 31.2 Å². The maximum atomic E-state index is 13.5. The zero-order valence-electron chi connectivity index (χ0n) is 9.70. The van der Waals surface area contributed by atoms with Crippen LogP contribution < -0.4 is 5.32 Å². The maximum absolute atomic E-state index is 13.5. The molecule has 1 aliphatic carbocycles. The average molecular weight is 263 g/mol. The van der Waals surface area contributed by atoms with Crippen LogP contribution in [0.3, 0.4) is 0 Å². The number of alkyl carbamates (subject to hydrolysis) is 1. The third-order valence-corrected chi connectivity index (χ3v) is 2.83. The molecule has 2 atom stereocenters. The summed E-state index contributed by atoms with van der Waals surface area (Å²) in [4.78, 5) is 21.9. The van der Waals surface area contributed by atoms with Crippen LogP contribution in [0.15, 0.2) is 12.7 Å². The summed E-state index contributed by atoms with van der Waals surface area (Å²) in [5, 5.41) is 10.8. The number of carbonyl (C=O) groups is 2. The average Bonchev–Trinajstić information content (AvgIpc) is 2.28. The van der Waals surface area contributed by atoms with E-state index in [0.717, 1.165) is 0 Å². The highest BCUT2D eigenvalue weighted by atomic mass is 19.3. The number of hydrogen-bond acceptors (Lipinski definition) is 3. The molecule has 0 saturated heterocycles. The number of carboxylic acid groups (broad SMARTS) is 1. The monoisotopic (exact) mass is 263 g/mol. The Morgan fingerprint density at radius 2 is 2.22 bits per heavy atom. The second kappa shape index (κ2) is 5.79. The quantitative estimate of drug-likeness (QED) is 0.758. The smallest absolute Gasteiger partial charge is 0.407 e. The van der Waals surface area contributed by atoms with Gasteiger partial charge in [-0.05, 0) is 12.8 Å². The van der Waals surface area contributed by atoms with Crippen molar-refractivity contribution in [3.63, 3.8) is 0 Å². The first-order valence-electron chi connectivity index (χ1n) is 5.51. The number of carboxylic acids is 1. The first kappa shape index (κ1) is 14.4. The van der Waals surface area contributed by atoms with Crippen molar-refractivity contribution in [2.75, 3.05) is 6.61 Å². The van der Waals surface area contributed by atoms with Crippen LogP contribution in [0, 0.1) is 5.92 Å². The second-order valence-corrected chi connectivity index (χ2v) is 4.15. The first-order valence-corrected chi connectivity index (χ1v) is 5.51. The molecule has 0 heterocycles. The topological polar surface area (TPSA) is 75.6 Å². The molecular weight excluding hydrogens is 248 g/mol. The van der Waals surface area contributed by atoms with Gasteiger partial charge in [-0.25, -0.2) is 13.6 Å². The summed E-state index contributed by atoms with van der Waals surface area (Å²) in [6.07, 6.45) is -0.645. The van der Waals surface area contributed by atoms with Gasteiger partial charge in [0.1, 0.15) is 6.61 Å². The van der Waals surface area contributed by atoms with Crippen molar-refractivity contribution >= 4 is 12.1 Å². The summed E-state index contributed by atoms with van der Waals surface area (Å²) in [5.74, 6) is -5.11. The van der Waals surface area contributed by atoms with Gasteiger partial charge in [0.05, 0.1) is 12.0 Å². The number of carbonyl (C=O) groups excluding carboxylic acids is 1. The number of aliphatic carboxylic acids is 1. The summed E-state index contributed by atoms with van der Waals surface area (Å²) in [6, 6.07) is -1.51. The van der Waals surface area contributed by atoms with E-state index in [1.54, 1.807) is 0 Å². The fourth-order valence-electron chi connectivity index (χ4n) is 1.82. The molecule has 2 N–H and O–H groups in total. The van der Waals surface area contributed by atoms with Crippen LogP contribution in [0.25, 0.3) is 0 Å². The van der Waals surface area contributed by atoms with Crippen molar-refractivity contribution in [3.05, 3.63) is 12.7 Å². The van der Waals surface area contributed by atoms with E-state index in [0.29, 0.717) is 0 Å². The number of ether oxygens (including phenoxy) is 1. The van der Waals surface area contributed by atoms with Gasteiger partial charge in [-0.3, -0.25) is 4.79 Å². The standard InChI is InChI=1S/C11H15F2NO4/c1-2-5-18-10(17)14-8-6-7(9(15)16)3-4-11(8,12)13/h2,7-8H,1,3-6H2,(H,14,17)(H,15,16)/t7-,8+/m0/s1. The molecule has 0 spiro atoms. The molecule has 7 heteroatoms. The fraction of sp³-hybridized carbons (Fsp3) is 0.636. The van der Waals surface area contributed by atoms with Gasteiger partial charge in [-0.2, -0.15) is 0 Å². The molecule has 0 bridgehead atoms. The molecular formula is C11H15F2NO4. The summed E-state index contributed by atoms with van der Waals surface area (Å²) >= 11 is 0. The molecule has 102 valence electrons. The lowest BCUT2D eigenvalue weighted by atomic mass is 9.83. The minimum Gasteiger partial charge on any atom is -0.481 e. The molecule has 1 aliphatic rings. The van der Waals surface area contributed by atoms with E-state index in [4.69, 9.17) is 5.11 Å². The Bertz CT molecular complexity index is 346. The van der Waals surface area contributed by atoms with Gasteiger partial charge in [0, 0.05) is 6.42 Å². The van der Waals surface area contributed by atoms with E-state index in [9.17, 15) is 18.4 Å². The number of nitrogens with one attached hydrogen (secondary N) is 1. The minimum atomic E-state index is -3.11. The number of alkyl halides is 2. The predicted molar refractivity (Wildman–Crippen MR) is 58.4 cm³/mol. The van der Waals surface area contributed by atoms with Crippen LogP contribution in [0.1, 0.15) is 19.3 Å². The SMILES string of the molecule is C=CCOC(=O)N[C@@H]1C[C@@H](C(=O)O)CCC1(F)F. The highest BCUT2D eigenvalue weighted by Crippen LogP contribution is 2.36. The van der Waals surface area contributed by atoms with Crippen molar-refractivity contribution in [1.29, 1.82) is 0 Å². The first-order chi connectivity index (χ1) is 8.36. The van der Waals surface area contributed by atoms with Crippen molar-refractivity contribution in [2.24, 2.45) is 5.92 Å². The molecule has 1 saturated carbocycles. The van der Waals surface area contributed by atoms with Crippen molar-refractivity contribution < 1.29 is 28.2 Å². The van der Waals surface area contributed by atoms with Gasteiger partial charge in [0.15, 0.2) is 0 Å². The Morgan fingerprint density at radius 3 is 2.78 bits per heavy atom. The third-order valence-electron chi connectivity index (χ3n) is 2.83. The Balaban J connectivity index is 2.61. The molecule has 0 aliphatic heterocycles. The lowest BCUT2D eigenvalue weighted by molar-refractivity contribution is -0.147. The summed E-state index contributed by atoms with van der Waals surface area (Å²) in [5.41, 5.74) is 0. The molecule has 1 fully saturated rings. The van der Waals surface area contributed by atoms with E-state index in [-0.39, 0.29) is 19.4 Å². The molecule has 1 rings (SSSR count). The van der Waals surface area contributed by atoms with Crippen LogP contribution in [0.2, 0.25) is 0 Å². The van der Waals surface area contributed by atoms with Crippen LogP contribution in [-0.2, 0) is 9.53 Å². The number of halogens is 2. The van der Waals surface area contributed by atoms with E-state index in [1.807, 2.05) is 5.32 Å². The number of hydrogen-bond donors (Lipinski definition) is 2. The zero-order valence-corrected chi connectivity index (χ0v) is 9.70. The van der Waals surface area contributed by atoms with E-state index in [2.05, 4.69) is 11.3 Å². The van der Waals surface area contributed by atoms with Crippen LogP contribution in [-0.4, -0.2) is 35.7 Å². The van der Waals surface area contributed by atoms with E-state index >= 15 is 0 Å². The van der Waals surface area contributed by atoms with Crippen molar-refractivity contribution in [3.8, 4) is 0 Å². The summed E-state index contributed by atoms with van der Waals surface area (Å²) < 4.78 is 31.5. The third kappa shape index (κ3) is 3.68. The van der Waals surface area contributed by atoms with Gasteiger partial charge in [0.2, 0.25) is 0 Å². The Morgan fingerprint density at radius 1 is 1.56 bits per heavy atom. The molecule has 18 heavy (non-hydrogen) atoms. The molecule has 0 aromatic carbocycles. The van der Waals surface area contributed by atoms with Gasteiger partial charge < -0.3 is 15.2 Å². The lowest BCUT2D eigenvalue weighted by Gasteiger charge is -2.34. The molecule has 0 aromatic rings. The van der Waals surface area contributed by atoms with Crippen LogP contribution in [0.5, 0.6) is 0 Å². The molecule has 0 unspecified atom stereocenters. The largest absolute Gasteiger partial charge is 0.481 e. The Labute approximate surface area is 103 Å². The number of rotatable bonds is 4. The zero-order chi connectivity index (χ0) is 13.8. The van der Waals surface area contributed by atoms with Crippen LogP contribution in [0.4, 0.5) is 13.6 Å². The predicted octanol–water partition coefficient (Wildman–Crippen LogP) is 1.79. The summed E-state index contributed by atoms with van der Waals surface area (Å²) in [7, 11) is 0. The van der Waals surface area contributed by atoms with Gasteiger partial charge in [-0.1, -0.05) is 12.7 Å². The molecule has 1 amide bonds.